The van der Waals surface area contributed by atoms with E-state index >= 15 is 0 Å². The van der Waals surface area contributed by atoms with Gasteiger partial charge in [0.25, 0.3) is 0 Å². The normalized spacial score (nSPS) is 20.1. The van der Waals surface area contributed by atoms with Gasteiger partial charge >= 0.3 is 0 Å². The average Bonchev–Trinajstić information content (AvgIpc) is 2.38. The van der Waals surface area contributed by atoms with Crippen LogP contribution in [0.25, 0.3) is 0 Å². The molecule has 2 rings (SSSR count). The van der Waals surface area contributed by atoms with Crippen molar-refractivity contribution in [3.63, 3.8) is 0 Å². The number of hydrogen-bond acceptors (Lipinski definition) is 3. The molecule has 1 heterocycles. The molecule has 0 spiro atoms. The Bertz CT molecular complexity index is 378. The van der Waals surface area contributed by atoms with Crippen LogP contribution in [0.15, 0.2) is 24.3 Å². The summed E-state index contributed by atoms with van der Waals surface area (Å²) in [6.45, 7) is 2.84. The number of hydrogen-bond donors (Lipinski definition) is 1. The molecule has 1 aliphatic heterocycles. The molecular formula is C13H16N2O. The second-order valence-corrected chi connectivity index (χ2v) is 4.13. The maximum atomic E-state index is 8.91. The fourth-order valence-corrected chi connectivity index (χ4v) is 1.96. The number of benzene rings is 1. The van der Waals surface area contributed by atoms with Crippen molar-refractivity contribution in [2.24, 2.45) is 5.92 Å². The topological polar surface area (TPSA) is 45.0 Å². The van der Waals surface area contributed by atoms with Gasteiger partial charge in [0.15, 0.2) is 0 Å². The number of nitriles is 1. The molecule has 0 bridgehead atoms. The zero-order valence-electron chi connectivity index (χ0n) is 9.28. The van der Waals surface area contributed by atoms with Gasteiger partial charge in [-0.15, -0.1) is 0 Å². The summed E-state index contributed by atoms with van der Waals surface area (Å²) in [4.78, 5) is 0. The second kappa shape index (κ2) is 5.53. The molecule has 1 saturated heterocycles. The van der Waals surface area contributed by atoms with Gasteiger partial charge in [0.05, 0.1) is 12.2 Å². The summed E-state index contributed by atoms with van der Waals surface area (Å²) >= 11 is 0. The molecule has 3 nitrogen and oxygen atoms in total. The van der Waals surface area contributed by atoms with Crippen LogP contribution in [0.2, 0.25) is 0 Å². The smallest absolute Gasteiger partial charge is 0.137 e. The van der Waals surface area contributed by atoms with Crippen LogP contribution >= 0.6 is 0 Å². The van der Waals surface area contributed by atoms with Crippen LogP contribution in [0, 0.1) is 17.2 Å². The lowest BCUT2D eigenvalue weighted by atomic mass is 10.0. The van der Waals surface area contributed by atoms with E-state index < -0.39 is 0 Å². The molecule has 1 aliphatic rings. The van der Waals surface area contributed by atoms with Crippen LogP contribution in [0.5, 0.6) is 5.75 Å². The SMILES string of the molecule is N#Cc1ccccc1OCC1CCCNC1. The average molecular weight is 216 g/mol. The van der Waals surface area contributed by atoms with Crippen molar-refractivity contribution in [2.45, 2.75) is 12.8 Å². The Morgan fingerprint density at radius 1 is 1.44 bits per heavy atom. The van der Waals surface area contributed by atoms with E-state index in [1.54, 1.807) is 6.07 Å². The van der Waals surface area contributed by atoms with Crippen LogP contribution in [-0.4, -0.2) is 19.7 Å². The quantitative estimate of drug-likeness (QED) is 0.839. The molecule has 1 atom stereocenters. The Balaban J connectivity index is 1.91. The Kier molecular flexibility index (Phi) is 3.79. The first kappa shape index (κ1) is 11.0. The predicted molar refractivity (Wildman–Crippen MR) is 62.2 cm³/mol. The standard InChI is InChI=1S/C13H16N2O/c14-8-12-5-1-2-6-13(12)16-10-11-4-3-7-15-9-11/h1-2,5-6,11,15H,3-4,7,9-10H2. The molecule has 1 unspecified atom stereocenters. The Morgan fingerprint density at radius 3 is 3.06 bits per heavy atom. The van der Waals surface area contributed by atoms with Gasteiger partial charge in [-0.05, 0) is 31.5 Å². The van der Waals surface area contributed by atoms with Crippen molar-refractivity contribution < 1.29 is 4.74 Å². The number of para-hydroxylation sites is 1. The third kappa shape index (κ3) is 2.74. The van der Waals surface area contributed by atoms with Gasteiger partial charge in [0, 0.05) is 12.5 Å². The Labute approximate surface area is 96.0 Å². The minimum absolute atomic E-state index is 0.570. The van der Waals surface area contributed by atoms with E-state index in [9.17, 15) is 0 Å². The molecule has 0 aromatic heterocycles. The van der Waals surface area contributed by atoms with Crippen molar-refractivity contribution >= 4 is 0 Å². The van der Waals surface area contributed by atoms with E-state index in [2.05, 4.69) is 11.4 Å². The lowest BCUT2D eigenvalue weighted by Gasteiger charge is -2.22. The number of nitrogens with one attached hydrogen (secondary N) is 1. The minimum Gasteiger partial charge on any atom is -0.492 e. The largest absolute Gasteiger partial charge is 0.492 e. The van der Waals surface area contributed by atoms with Gasteiger partial charge in [-0.3, -0.25) is 0 Å². The molecule has 1 aromatic carbocycles. The number of rotatable bonds is 3. The lowest BCUT2D eigenvalue weighted by Crippen LogP contribution is -2.33. The Morgan fingerprint density at radius 2 is 2.31 bits per heavy atom. The molecular weight excluding hydrogens is 200 g/mol. The zero-order valence-corrected chi connectivity index (χ0v) is 9.28. The van der Waals surface area contributed by atoms with Crippen LogP contribution in [0.4, 0.5) is 0 Å². The molecule has 0 saturated carbocycles. The van der Waals surface area contributed by atoms with Crippen LogP contribution < -0.4 is 10.1 Å². The highest BCUT2D eigenvalue weighted by molar-refractivity contribution is 5.42. The van der Waals surface area contributed by atoms with Crippen LogP contribution in [-0.2, 0) is 0 Å². The summed E-state index contributed by atoms with van der Waals surface area (Å²) in [6.07, 6.45) is 2.43. The van der Waals surface area contributed by atoms with Crippen LogP contribution in [0.3, 0.4) is 0 Å². The van der Waals surface area contributed by atoms with E-state index in [4.69, 9.17) is 10.00 Å². The van der Waals surface area contributed by atoms with E-state index in [0.717, 1.165) is 13.1 Å². The highest BCUT2D eigenvalue weighted by Crippen LogP contribution is 2.19. The first-order valence-electron chi connectivity index (χ1n) is 5.73. The van der Waals surface area contributed by atoms with Gasteiger partial charge < -0.3 is 10.1 Å². The lowest BCUT2D eigenvalue weighted by molar-refractivity contribution is 0.218. The molecule has 3 heteroatoms. The summed E-state index contributed by atoms with van der Waals surface area (Å²) in [5.74, 6) is 1.27. The first-order valence-corrected chi connectivity index (χ1v) is 5.73. The molecule has 1 N–H and O–H groups in total. The molecule has 0 amide bonds. The summed E-state index contributed by atoms with van der Waals surface area (Å²) in [5, 5.41) is 12.3. The summed E-state index contributed by atoms with van der Waals surface area (Å²) in [6, 6.07) is 9.54. The van der Waals surface area contributed by atoms with Crippen molar-refractivity contribution in [2.75, 3.05) is 19.7 Å². The molecule has 16 heavy (non-hydrogen) atoms. The first-order chi connectivity index (χ1) is 7.90. The molecule has 84 valence electrons. The predicted octanol–water partition coefficient (Wildman–Crippen LogP) is 1.94. The fourth-order valence-electron chi connectivity index (χ4n) is 1.96. The third-order valence-corrected chi connectivity index (χ3v) is 2.88. The van der Waals surface area contributed by atoms with E-state index in [1.807, 2.05) is 18.2 Å². The van der Waals surface area contributed by atoms with Gasteiger partial charge in [0.2, 0.25) is 0 Å². The van der Waals surface area contributed by atoms with Gasteiger partial charge in [-0.25, -0.2) is 0 Å². The zero-order chi connectivity index (χ0) is 11.2. The highest BCUT2D eigenvalue weighted by atomic mass is 16.5. The summed E-state index contributed by atoms with van der Waals surface area (Å²) in [5.41, 5.74) is 0.617. The van der Waals surface area contributed by atoms with E-state index in [-0.39, 0.29) is 0 Å². The summed E-state index contributed by atoms with van der Waals surface area (Å²) < 4.78 is 5.70. The number of nitrogens with zero attached hydrogens (tertiary/aromatic N) is 1. The van der Waals surface area contributed by atoms with Gasteiger partial charge in [-0.2, -0.15) is 5.26 Å². The maximum Gasteiger partial charge on any atom is 0.137 e. The van der Waals surface area contributed by atoms with Crippen molar-refractivity contribution in [1.29, 1.82) is 5.26 Å². The molecule has 0 aliphatic carbocycles. The second-order valence-electron chi connectivity index (χ2n) is 4.13. The van der Waals surface area contributed by atoms with Crippen molar-refractivity contribution in [3.05, 3.63) is 29.8 Å². The number of ether oxygens (including phenoxy) is 1. The highest BCUT2D eigenvalue weighted by Gasteiger charge is 2.14. The fraction of sp³-hybridized carbons (Fsp3) is 0.462. The van der Waals surface area contributed by atoms with Gasteiger partial charge in [-0.1, -0.05) is 12.1 Å². The molecule has 1 fully saturated rings. The maximum absolute atomic E-state index is 8.91. The van der Waals surface area contributed by atoms with Crippen LogP contribution in [0.1, 0.15) is 18.4 Å². The monoisotopic (exact) mass is 216 g/mol. The molecule has 0 radical (unpaired) electrons. The minimum atomic E-state index is 0.570. The van der Waals surface area contributed by atoms with E-state index in [1.165, 1.54) is 12.8 Å². The van der Waals surface area contributed by atoms with Crippen molar-refractivity contribution in [3.8, 4) is 11.8 Å². The number of piperidine rings is 1. The van der Waals surface area contributed by atoms with Crippen molar-refractivity contribution in [1.82, 2.24) is 5.32 Å². The Hall–Kier alpha value is -1.53. The van der Waals surface area contributed by atoms with E-state index in [0.29, 0.717) is 23.8 Å². The molecule has 1 aromatic rings. The van der Waals surface area contributed by atoms with Gasteiger partial charge in [0.1, 0.15) is 11.8 Å². The third-order valence-electron chi connectivity index (χ3n) is 2.88. The summed E-state index contributed by atoms with van der Waals surface area (Å²) in [7, 11) is 0.